The Bertz CT molecular complexity index is 745. The van der Waals surface area contributed by atoms with E-state index in [1.54, 1.807) is 16.8 Å². The molecule has 0 aliphatic rings. The number of anilines is 1. The monoisotopic (exact) mass is 267 g/mol. The van der Waals surface area contributed by atoms with Crippen LogP contribution in [0.25, 0.3) is 22.4 Å². The fraction of sp³-hybridized carbons (Fsp3) is 0.0625. The number of rotatable bonds is 2. The first-order valence-electron chi connectivity index (χ1n) is 6.29. The minimum absolute atomic E-state index is 0.242. The van der Waals surface area contributed by atoms with Gasteiger partial charge in [-0.1, -0.05) is 18.2 Å². The summed E-state index contributed by atoms with van der Waals surface area (Å²) in [4.78, 5) is 0. The smallest absolute Gasteiger partial charge is 0.123 e. The van der Waals surface area contributed by atoms with Crippen LogP contribution < -0.4 is 5.73 Å². The lowest BCUT2D eigenvalue weighted by molar-refractivity contribution is 0.628. The van der Waals surface area contributed by atoms with Crippen LogP contribution >= 0.6 is 0 Å². The molecule has 0 aliphatic heterocycles. The first kappa shape index (κ1) is 12.4. The van der Waals surface area contributed by atoms with Gasteiger partial charge in [0.1, 0.15) is 5.82 Å². The third-order valence-corrected chi connectivity index (χ3v) is 3.22. The topological polar surface area (TPSA) is 43.8 Å². The minimum Gasteiger partial charge on any atom is -0.398 e. The van der Waals surface area contributed by atoms with Gasteiger partial charge in [0.05, 0.1) is 5.69 Å². The van der Waals surface area contributed by atoms with Gasteiger partial charge in [-0.3, -0.25) is 4.68 Å². The fourth-order valence-corrected chi connectivity index (χ4v) is 2.16. The zero-order valence-corrected chi connectivity index (χ0v) is 11.0. The third kappa shape index (κ3) is 2.28. The summed E-state index contributed by atoms with van der Waals surface area (Å²) in [6.07, 6.45) is 1.87. The van der Waals surface area contributed by atoms with Crippen LogP contribution in [0.3, 0.4) is 0 Å². The number of aryl methyl sites for hydroxylation is 1. The molecule has 0 saturated heterocycles. The maximum Gasteiger partial charge on any atom is 0.123 e. The normalized spacial score (nSPS) is 10.7. The van der Waals surface area contributed by atoms with Crippen LogP contribution in [0.4, 0.5) is 10.1 Å². The lowest BCUT2D eigenvalue weighted by Crippen LogP contribution is -1.93. The summed E-state index contributed by atoms with van der Waals surface area (Å²) in [5.74, 6) is -0.242. The van der Waals surface area contributed by atoms with Crippen LogP contribution in [0.5, 0.6) is 0 Å². The molecular weight excluding hydrogens is 253 g/mol. The van der Waals surface area contributed by atoms with Crippen molar-refractivity contribution in [3.8, 4) is 22.4 Å². The molecule has 0 spiro atoms. The third-order valence-electron chi connectivity index (χ3n) is 3.22. The lowest BCUT2D eigenvalue weighted by Gasteiger charge is -2.07. The van der Waals surface area contributed by atoms with Crippen LogP contribution in [-0.2, 0) is 7.05 Å². The summed E-state index contributed by atoms with van der Waals surface area (Å²) in [6.45, 7) is 0. The summed E-state index contributed by atoms with van der Waals surface area (Å²) in [6, 6.07) is 14.1. The highest BCUT2D eigenvalue weighted by Crippen LogP contribution is 2.30. The second kappa shape index (κ2) is 4.81. The summed E-state index contributed by atoms with van der Waals surface area (Å²) < 4.78 is 14.7. The van der Waals surface area contributed by atoms with Crippen LogP contribution in [0.15, 0.2) is 54.7 Å². The van der Waals surface area contributed by atoms with Gasteiger partial charge in [0.25, 0.3) is 0 Å². The van der Waals surface area contributed by atoms with Crippen LogP contribution in [0, 0.1) is 5.82 Å². The van der Waals surface area contributed by atoms with Gasteiger partial charge in [0.2, 0.25) is 0 Å². The predicted molar refractivity (Wildman–Crippen MR) is 78.5 cm³/mol. The molecule has 0 bridgehead atoms. The van der Waals surface area contributed by atoms with Gasteiger partial charge in [0.15, 0.2) is 0 Å². The minimum atomic E-state index is -0.242. The molecule has 0 atom stereocenters. The van der Waals surface area contributed by atoms with Crippen LogP contribution in [0.1, 0.15) is 0 Å². The lowest BCUT2D eigenvalue weighted by atomic mass is 10.0. The van der Waals surface area contributed by atoms with E-state index in [0.29, 0.717) is 5.69 Å². The van der Waals surface area contributed by atoms with Crippen LogP contribution in [0.2, 0.25) is 0 Å². The first-order valence-corrected chi connectivity index (χ1v) is 6.29. The number of nitrogens with two attached hydrogens (primary N) is 1. The molecule has 3 rings (SSSR count). The second-order valence-corrected chi connectivity index (χ2v) is 4.68. The molecule has 1 heterocycles. The van der Waals surface area contributed by atoms with E-state index < -0.39 is 0 Å². The Kier molecular flexibility index (Phi) is 2.99. The molecular formula is C16H14FN3. The maximum atomic E-state index is 13.0. The van der Waals surface area contributed by atoms with Crippen molar-refractivity contribution in [2.24, 2.45) is 7.05 Å². The van der Waals surface area contributed by atoms with Crippen molar-refractivity contribution < 1.29 is 4.39 Å². The Morgan fingerprint density at radius 1 is 1.00 bits per heavy atom. The summed E-state index contributed by atoms with van der Waals surface area (Å²) in [5, 5.41) is 4.37. The Hall–Kier alpha value is -2.62. The van der Waals surface area contributed by atoms with Crippen molar-refractivity contribution in [1.29, 1.82) is 0 Å². The largest absolute Gasteiger partial charge is 0.398 e. The van der Waals surface area contributed by atoms with E-state index in [0.717, 1.165) is 22.4 Å². The maximum absolute atomic E-state index is 13.0. The number of aromatic nitrogens is 2. The van der Waals surface area contributed by atoms with Crippen molar-refractivity contribution >= 4 is 5.69 Å². The van der Waals surface area contributed by atoms with Crippen molar-refractivity contribution in [1.82, 2.24) is 9.78 Å². The highest BCUT2D eigenvalue weighted by molar-refractivity contribution is 5.80. The molecule has 1 aromatic heterocycles. The SMILES string of the molecule is Cn1ccc(-c2cc(-c3ccc(F)cc3)ccc2N)n1. The van der Waals surface area contributed by atoms with Gasteiger partial charge in [0, 0.05) is 24.5 Å². The number of nitrogen functional groups attached to an aromatic ring is 1. The average Bonchev–Trinajstić information content (AvgIpc) is 2.87. The molecule has 100 valence electrons. The van der Waals surface area contributed by atoms with Crippen molar-refractivity contribution in [2.45, 2.75) is 0 Å². The average molecular weight is 267 g/mol. The number of hydrogen-bond acceptors (Lipinski definition) is 2. The molecule has 0 amide bonds. The Morgan fingerprint density at radius 2 is 1.70 bits per heavy atom. The predicted octanol–water partition coefficient (Wildman–Crippen LogP) is 3.48. The highest BCUT2D eigenvalue weighted by atomic mass is 19.1. The van der Waals surface area contributed by atoms with Crippen molar-refractivity contribution in [2.75, 3.05) is 5.73 Å². The number of nitrogens with zero attached hydrogens (tertiary/aromatic N) is 2. The Balaban J connectivity index is 2.08. The van der Waals surface area contributed by atoms with E-state index in [1.165, 1.54) is 12.1 Å². The summed E-state index contributed by atoms with van der Waals surface area (Å²) >= 11 is 0. The molecule has 0 aliphatic carbocycles. The second-order valence-electron chi connectivity index (χ2n) is 4.68. The Morgan fingerprint density at radius 3 is 2.35 bits per heavy atom. The molecule has 0 saturated carbocycles. The van der Waals surface area contributed by atoms with Gasteiger partial charge < -0.3 is 5.73 Å². The van der Waals surface area contributed by atoms with E-state index in [2.05, 4.69) is 5.10 Å². The number of hydrogen-bond donors (Lipinski definition) is 1. The van der Waals surface area contributed by atoms with Crippen molar-refractivity contribution in [3.63, 3.8) is 0 Å². The number of halogens is 1. The zero-order valence-electron chi connectivity index (χ0n) is 11.0. The van der Waals surface area contributed by atoms with Crippen LogP contribution in [-0.4, -0.2) is 9.78 Å². The summed E-state index contributed by atoms with van der Waals surface area (Å²) in [7, 11) is 1.86. The highest BCUT2D eigenvalue weighted by Gasteiger charge is 2.08. The molecule has 3 nitrogen and oxygen atoms in total. The molecule has 0 unspecified atom stereocenters. The van der Waals surface area contributed by atoms with E-state index >= 15 is 0 Å². The quantitative estimate of drug-likeness (QED) is 0.722. The standard InChI is InChI=1S/C16H14FN3/c1-20-9-8-16(19-20)14-10-12(4-7-15(14)18)11-2-5-13(17)6-3-11/h2-10H,18H2,1H3. The zero-order chi connectivity index (χ0) is 14.1. The Labute approximate surface area is 116 Å². The van der Waals surface area contributed by atoms with Gasteiger partial charge in [-0.15, -0.1) is 0 Å². The van der Waals surface area contributed by atoms with Gasteiger partial charge in [-0.2, -0.15) is 5.10 Å². The first-order chi connectivity index (χ1) is 9.63. The van der Waals surface area contributed by atoms with Crippen molar-refractivity contribution in [3.05, 3.63) is 60.5 Å². The van der Waals surface area contributed by atoms with Gasteiger partial charge >= 0.3 is 0 Å². The molecule has 3 aromatic rings. The number of benzene rings is 2. The van der Waals surface area contributed by atoms with Gasteiger partial charge in [-0.25, -0.2) is 4.39 Å². The molecule has 2 N–H and O–H groups in total. The molecule has 2 aromatic carbocycles. The molecule has 20 heavy (non-hydrogen) atoms. The van der Waals surface area contributed by atoms with E-state index in [-0.39, 0.29) is 5.82 Å². The van der Waals surface area contributed by atoms with E-state index in [1.807, 2.05) is 37.5 Å². The molecule has 4 heteroatoms. The van der Waals surface area contributed by atoms with Gasteiger partial charge in [-0.05, 0) is 41.5 Å². The fourth-order valence-electron chi connectivity index (χ4n) is 2.16. The van der Waals surface area contributed by atoms with E-state index in [4.69, 9.17) is 5.73 Å². The molecule has 0 radical (unpaired) electrons. The van der Waals surface area contributed by atoms with E-state index in [9.17, 15) is 4.39 Å². The summed E-state index contributed by atoms with van der Waals surface area (Å²) in [5.41, 5.74) is 10.3. The molecule has 0 fully saturated rings.